The van der Waals surface area contributed by atoms with Crippen molar-refractivity contribution in [2.75, 3.05) is 18.1 Å². The number of nitrogens with zero attached hydrogens (tertiary/aromatic N) is 1. The molecule has 0 fully saturated rings. The lowest BCUT2D eigenvalue weighted by atomic mass is 10.2. The van der Waals surface area contributed by atoms with Crippen molar-refractivity contribution in [1.29, 1.82) is 0 Å². The van der Waals surface area contributed by atoms with Gasteiger partial charge >= 0.3 is 12.3 Å². The van der Waals surface area contributed by atoms with Crippen LogP contribution in [0.5, 0.6) is 5.75 Å². The SMILES string of the molecule is NS(=O)(=O)c1ccc2c(c1)CCN2C(=O)COC(=O)c1ccc(OC(F)(F)F)cc1. The van der Waals surface area contributed by atoms with Gasteiger partial charge in [-0.1, -0.05) is 0 Å². The highest BCUT2D eigenvalue weighted by atomic mass is 32.2. The maximum Gasteiger partial charge on any atom is 0.573 e. The van der Waals surface area contributed by atoms with Gasteiger partial charge in [0.05, 0.1) is 10.5 Å². The monoisotopic (exact) mass is 444 g/mol. The van der Waals surface area contributed by atoms with Crippen molar-refractivity contribution >= 4 is 27.6 Å². The Kier molecular flexibility index (Phi) is 5.72. The highest BCUT2D eigenvalue weighted by Gasteiger charge is 2.31. The Morgan fingerprint density at radius 2 is 1.77 bits per heavy atom. The van der Waals surface area contributed by atoms with Gasteiger partial charge in [-0.25, -0.2) is 18.4 Å². The van der Waals surface area contributed by atoms with Crippen molar-refractivity contribution in [3.8, 4) is 5.75 Å². The molecule has 8 nitrogen and oxygen atoms in total. The van der Waals surface area contributed by atoms with Crippen molar-refractivity contribution in [2.24, 2.45) is 5.14 Å². The van der Waals surface area contributed by atoms with Gasteiger partial charge in [-0.3, -0.25) is 4.79 Å². The van der Waals surface area contributed by atoms with Crippen LogP contribution in [0.15, 0.2) is 47.4 Å². The lowest BCUT2D eigenvalue weighted by molar-refractivity contribution is -0.274. The molecule has 1 heterocycles. The summed E-state index contributed by atoms with van der Waals surface area (Å²) in [5, 5.41) is 5.09. The van der Waals surface area contributed by atoms with E-state index in [9.17, 15) is 31.2 Å². The number of fused-ring (bicyclic) bond motifs is 1. The fourth-order valence-electron chi connectivity index (χ4n) is 2.90. The first-order valence-electron chi connectivity index (χ1n) is 8.43. The Hall–Kier alpha value is -3.12. The first kappa shape index (κ1) is 21.6. The summed E-state index contributed by atoms with van der Waals surface area (Å²) in [7, 11) is -3.87. The fraction of sp³-hybridized carbons (Fsp3) is 0.222. The van der Waals surface area contributed by atoms with Crippen molar-refractivity contribution in [2.45, 2.75) is 17.7 Å². The van der Waals surface area contributed by atoms with Crippen LogP contribution in [-0.4, -0.2) is 39.8 Å². The predicted octanol–water partition coefficient (Wildman–Crippen LogP) is 1.98. The van der Waals surface area contributed by atoms with Crippen molar-refractivity contribution < 1.29 is 40.7 Å². The average Bonchev–Trinajstić information content (AvgIpc) is 3.08. The van der Waals surface area contributed by atoms with Crippen LogP contribution in [0, 0.1) is 0 Å². The summed E-state index contributed by atoms with van der Waals surface area (Å²) in [6, 6.07) is 8.16. The molecule has 1 aliphatic rings. The second kappa shape index (κ2) is 7.95. The maximum absolute atomic E-state index is 12.4. The Morgan fingerprint density at radius 3 is 2.37 bits per heavy atom. The molecule has 3 rings (SSSR count). The second-order valence-electron chi connectivity index (χ2n) is 6.28. The van der Waals surface area contributed by atoms with Gasteiger partial charge in [0.2, 0.25) is 10.0 Å². The molecule has 30 heavy (non-hydrogen) atoms. The first-order valence-corrected chi connectivity index (χ1v) is 9.98. The quantitative estimate of drug-likeness (QED) is 0.705. The van der Waals surface area contributed by atoms with Gasteiger partial charge in [0.1, 0.15) is 5.75 Å². The number of carbonyl (C=O) groups excluding carboxylic acids is 2. The number of anilines is 1. The van der Waals surface area contributed by atoms with E-state index in [0.717, 1.165) is 24.3 Å². The molecule has 0 atom stereocenters. The number of alkyl halides is 3. The summed E-state index contributed by atoms with van der Waals surface area (Å²) in [6.45, 7) is -0.334. The zero-order valence-electron chi connectivity index (χ0n) is 15.2. The number of sulfonamides is 1. The third kappa shape index (κ3) is 5.07. The van der Waals surface area contributed by atoms with E-state index in [1.165, 1.54) is 23.1 Å². The minimum absolute atomic E-state index is 0.0584. The third-order valence-corrected chi connectivity index (χ3v) is 5.14. The third-order valence-electron chi connectivity index (χ3n) is 4.23. The zero-order valence-corrected chi connectivity index (χ0v) is 16.0. The van der Waals surface area contributed by atoms with Gasteiger partial charge in [0, 0.05) is 12.2 Å². The number of hydrogen-bond donors (Lipinski definition) is 1. The maximum atomic E-state index is 12.4. The first-order chi connectivity index (χ1) is 13.9. The van der Waals surface area contributed by atoms with Crippen LogP contribution >= 0.6 is 0 Å². The summed E-state index contributed by atoms with van der Waals surface area (Å²) in [5.74, 6) is -1.93. The van der Waals surface area contributed by atoms with E-state index in [0.29, 0.717) is 17.7 Å². The number of nitrogens with two attached hydrogens (primary N) is 1. The van der Waals surface area contributed by atoms with Crippen molar-refractivity contribution in [3.63, 3.8) is 0 Å². The molecule has 160 valence electrons. The van der Waals surface area contributed by atoms with E-state index in [2.05, 4.69) is 4.74 Å². The Labute approximate surface area is 169 Å². The number of primary sulfonamides is 1. The summed E-state index contributed by atoms with van der Waals surface area (Å²) >= 11 is 0. The lowest BCUT2D eigenvalue weighted by Crippen LogP contribution is -2.33. The van der Waals surface area contributed by atoms with E-state index in [4.69, 9.17) is 9.88 Å². The number of halogens is 3. The van der Waals surface area contributed by atoms with Gasteiger partial charge in [-0.15, -0.1) is 13.2 Å². The summed E-state index contributed by atoms with van der Waals surface area (Å²) in [4.78, 5) is 25.7. The molecule has 0 spiro atoms. The van der Waals surface area contributed by atoms with Crippen LogP contribution in [0.1, 0.15) is 15.9 Å². The van der Waals surface area contributed by atoms with Gasteiger partial charge in [-0.05, 0) is 54.4 Å². The molecule has 0 saturated carbocycles. The molecule has 0 aliphatic carbocycles. The molecule has 0 aromatic heterocycles. The van der Waals surface area contributed by atoms with Crippen LogP contribution in [0.25, 0.3) is 0 Å². The number of amides is 1. The minimum atomic E-state index is -4.85. The normalized spacial score (nSPS) is 13.7. The molecular formula is C18H15F3N2O6S. The Morgan fingerprint density at radius 1 is 1.10 bits per heavy atom. The lowest BCUT2D eigenvalue weighted by Gasteiger charge is -2.17. The molecule has 0 bridgehead atoms. The molecule has 2 N–H and O–H groups in total. The fourth-order valence-corrected chi connectivity index (χ4v) is 3.46. The molecule has 0 unspecified atom stereocenters. The van der Waals surface area contributed by atoms with Crippen LogP contribution < -0.4 is 14.8 Å². The molecule has 0 radical (unpaired) electrons. The Bertz CT molecular complexity index is 1080. The van der Waals surface area contributed by atoms with E-state index < -0.39 is 40.6 Å². The van der Waals surface area contributed by atoms with Gasteiger partial charge in [-0.2, -0.15) is 0 Å². The van der Waals surface area contributed by atoms with Gasteiger partial charge in [0.15, 0.2) is 6.61 Å². The Balaban J connectivity index is 1.61. The molecule has 1 amide bonds. The second-order valence-corrected chi connectivity index (χ2v) is 7.84. The van der Waals surface area contributed by atoms with Crippen molar-refractivity contribution in [3.05, 3.63) is 53.6 Å². The van der Waals surface area contributed by atoms with E-state index >= 15 is 0 Å². The van der Waals surface area contributed by atoms with Gasteiger partial charge < -0.3 is 14.4 Å². The van der Waals surface area contributed by atoms with Gasteiger partial charge in [0.25, 0.3) is 5.91 Å². The largest absolute Gasteiger partial charge is 0.573 e. The van der Waals surface area contributed by atoms with Crippen LogP contribution in [-0.2, 0) is 26.0 Å². The number of rotatable bonds is 5. The summed E-state index contributed by atoms with van der Waals surface area (Å²) in [5.41, 5.74) is 1.04. The minimum Gasteiger partial charge on any atom is -0.452 e. The van der Waals surface area contributed by atoms with E-state index in [-0.39, 0.29) is 17.0 Å². The van der Waals surface area contributed by atoms with E-state index in [1.807, 2.05) is 0 Å². The molecule has 0 saturated heterocycles. The molecule has 2 aromatic rings. The number of carbonyl (C=O) groups is 2. The summed E-state index contributed by atoms with van der Waals surface area (Å²) < 4.78 is 67.9. The molecule has 12 heteroatoms. The van der Waals surface area contributed by atoms with Crippen LogP contribution in [0.3, 0.4) is 0 Å². The van der Waals surface area contributed by atoms with Crippen molar-refractivity contribution in [1.82, 2.24) is 0 Å². The number of hydrogen-bond acceptors (Lipinski definition) is 6. The van der Waals surface area contributed by atoms with E-state index in [1.54, 1.807) is 0 Å². The van der Waals surface area contributed by atoms with Crippen LogP contribution in [0.2, 0.25) is 0 Å². The molecule has 1 aliphatic heterocycles. The highest BCUT2D eigenvalue weighted by molar-refractivity contribution is 7.89. The highest BCUT2D eigenvalue weighted by Crippen LogP contribution is 2.30. The molecular weight excluding hydrogens is 429 g/mol. The molecule has 2 aromatic carbocycles. The summed E-state index contributed by atoms with van der Waals surface area (Å²) in [6.07, 6.45) is -4.45. The standard InChI is InChI=1S/C18H15F3N2O6S/c19-18(20,21)29-13-3-1-11(2-4-13)17(25)28-10-16(24)23-8-7-12-9-14(30(22,26)27)5-6-15(12)23/h1-6,9H,7-8,10H2,(H2,22,26,27). The average molecular weight is 444 g/mol. The van der Waals surface area contributed by atoms with Crippen LogP contribution in [0.4, 0.5) is 18.9 Å². The number of benzene rings is 2. The number of ether oxygens (including phenoxy) is 2. The zero-order chi connectivity index (χ0) is 22.1. The topological polar surface area (TPSA) is 116 Å². The predicted molar refractivity (Wildman–Crippen MR) is 97.3 cm³/mol. The smallest absolute Gasteiger partial charge is 0.452 e. The number of esters is 1.